The Morgan fingerprint density at radius 1 is 1.18 bits per heavy atom. The number of halogens is 1. The van der Waals surface area contributed by atoms with E-state index >= 15 is 0 Å². The molecule has 3 aromatic rings. The Kier molecular flexibility index (Phi) is 4.11. The zero-order chi connectivity index (χ0) is 15.5. The van der Waals surface area contributed by atoms with Crippen LogP contribution in [0, 0.1) is 0 Å². The number of anilines is 1. The van der Waals surface area contributed by atoms with Gasteiger partial charge in [0.05, 0.1) is 11.6 Å². The molecule has 0 amide bonds. The van der Waals surface area contributed by atoms with E-state index in [1.807, 2.05) is 0 Å². The van der Waals surface area contributed by atoms with Gasteiger partial charge in [0, 0.05) is 12.6 Å². The van der Waals surface area contributed by atoms with Crippen molar-refractivity contribution >= 4 is 23.3 Å². The minimum Gasteiger partial charge on any atom is -0.493 e. The van der Waals surface area contributed by atoms with E-state index < -0.39 is 0 Å². The number of alkyl halides is 1. The van der Waals surface area contributed by atoms with Crippen molar-refractivity contribution in [3.8, 4) is 5.88 Å². The van der Waals surface area contributed by atoms with E-state index in [0.717, 1.165) is 12.0 Å². The lowest BCUT2D eigenvalue weighted by atomic mass is 10.1. The van der Waals surface area contributed by atoms with Crippen molar-refractivity contribution in [3.05, 3.63) is 47.2 Å². The quantitative estimate of drug-likeness (QED) is 0.708. The lowest BCUT2D eigenvalue weighted by Crippen LogP contribution is -2.01. The summed E-state index contributed by atoms with van der Waals surface area (Å²) < 4.78 is 1.28. The zero-order valence-corrected chi connectivity index (χ0v) is 12.9. The molecule has 0 fully saturated rings. The minimum atomic E-state index is -0.0338. The molecule has 2 N–H and O–H groups in total. The van der Waals surface area contributed by atoms with Crippen molar-refractivity contribution in [3.63, 3.8) is 0 Å². The molecule has 0 radical (unpaired) electrons. The molecule has 7 heteroatoms. The van der Waals surface area contributed by atoms with E-state index in [-0.39, 0.29) is 11.8 Å². The third-order valence-electron chi connectivity index (χ3n) is 3.37. The average molecular weight is 318 g/mol. The van der Waals surface area contributed by atoms with Crippen LogP contribution in [0.15, 0.2) is 30.3 Å². The number of benzene rings is 1. The number of nitrogens with zero attached hydrogens (tertiary/aromatic N) is 4. The standard InChI is InChI=1S/C15H16ClN5O/c1-2-10-3-5-11(6-4-10)9-17-14-19-15-18-12(8-16)7-13(22)21(15)20-14/h3-7,22H,2,8-9H2,1H3,(H,17,20). The van der Waals surface area contributed by atoms with E-state index in [1.165, 1.54) is 16.1 Å². The molecular formula is C15H16ClN5O. The van der Waals surface area contributed by atoms with Crippen LogP contribution in [0.25, 0.3) is 5.78 Å². The number of aromatic hydroxyl groups is 1. The predicted octanol–water partition coefficient (Wildman–Crippen LogP) is 2.74. The molecule has 3 rings (SSSR count). The summed E-state index contributed by atoms with van der Waals surface area (Å²) in [5.41, 5.74) is 2.99. The van der Waals surface area contributed by atoms with Gasteiger partial charge in [0.25, 0.3) is 5.78 Å². The summed E-state index contributed by atoms with van der Waals surface area (Å²) in [5.74, 6) is 0.908. The highest BCUT2D eigenvalue weighted by Gasteiger charge is 2.10. The first-order chi connectivity index (χ1) is 10.7. The maximum atomic E-state index is 9.87. The van der Waals surface area contributed by atoms with Crippen molar-refractivity contribution < 1.29 is 5.11 Å². The van der Waals surface area contributed by atoms with Gasteiger partial charge >= 0.3 is 0 Å². The Balaban J connectivity index is 1.77. The third kappa shape index (κ3) is 2.96. The summed E-state index contributed by atoms with van der Waals surface area (Å²) in [4.78, 5) is 8.45. The second kappa shape index (κ2) is 6.19. The maximum Gasteiger partial charge on any atom is 0.257 e. The molecule has 22 heavy (non-hydrogen) atoms. The van der Waals surface area contributed by atoms with Crippen molar-refractivity contribution in [1.29, 1.82) is 0 Å². The second-order valence-electron chi connectivity index (χ2n) is 4.91. The maximum absolute atomic E-state index is 9.87. The number of rotatable bonds is 5. The summed E-state index contributed by atoms with van der Waals surface area (Å²) in [6.07, 6.45) is 1.02. The molecule has 0 bridgehead atoms. The SMILES string of the molecule is CCc1ccc(CNc2nc3nc(CCl)cc(O)n3n2)cc1. The Morgan fingerprint density at radius 3 is 2.59 bits per heavy atom. The molecule has 0 spiro atoms. The van der Waals surface area contributed by atoms with Crippen molar-refractivity contribution in [1.82, 2.24) is 19.6 Å². The van der Waals surface area contributed by atoms with Crippen molar-refractivity contribution in [2.45, 2.75) is 25.8 Å². The summed E-state index contributed by atoms with van der Waals surface area (Å²) in [7, 11) is 0. The van der Waals surface area contributed by atoms with Gasteiger partial charge in [0.2, 0.25) is 11.8 Å². The van der Waals surface area contributed by atoms with Crippen LogP contribution in [0.2, 0.25) is 0 Å². The first kappa shape index (κ1) is 14.6. The van der Waals surface area contributed by atoms with Gasteiger partial charge in [-0.05, 0) is 17.5 Å². The number of hydrogen-bond donors (Lipinski definition) is 2. The Bertz CT molecular complexity index is 784. The molecule has 0 unspecified atom stereocenters. The summed E-state index contributed by atoms with van der Waals surface area (Å²) in [6.45, 7) is 2.73. The van der Waals surface area contributed by atoms with E-state index in [2.05, 4.69) is 51.6 Å². The number of aryl methyl sites for hydroxylation is 1. The molecule has 0 saturated heterocycles. The van der Waals surface area contributed by atoms with Crippen LogP contribution >= 0.6 is 11.6 Å². The largest absolute Gasteiger partial charge is 0.493 e. The van der Waals surface area contributed by atoms with Crippen LogP contribution in [0.3, 0.4) is 0 Å². The number of hydrogen-bond acceptors (Lipinski definition) is 5. The molecule has 2 aromatic heterocycles. The Morgan fingerprint density at radius 2 is 1.91 bits per heavy atom. The highest BCUT2D eigenvalue weighted by molar-refractivity contribution is 6.16. The summed E-state index contributed by atoms with van der Waals surface area (Å²) in [5, 5.41) is 17.2. The van der Waals surface area contributed by atoms with Gasteiger partial charge in [-0.3, -0.25) is 0 Å². The van der Waals surface area contributed by atoms with Crippen LogP contribution in [0.5, 0.6) is 5.88 Å². The molecule has 0 aliphatic heterocycles. The van der Waals surface area contributed by atoms with Gasteiger partial charge in [-0.2, -0.15) is 9.50 Å². The van der Waals surface area contributed by atoms with Gasteiger partial charge in [-0.15, -0.1) is 16.7 Å². The van der Waals surface area contributed by atoms with Gasteiger partial charge in [0.15, 0.2) is 0 Å². The van der Waals surface area contributed by atoms with Crippen LogP contribution in [-0.2, 0) is 18.8 Å². The lowest BCUT2D eigenvalue weighted by molar-refractivity contribution is 0.434. The minimum absolute atomic E-state index is 0.0338. The molecule has 1 aromatic carbocycles. The number of nitrogens with one attached hydrogen (secondary N) is 1. The lowest BCUT2D eigenvalue weighted by Gasteiger charge is -2.03. The molecule has 2 heterocycles. The normalized spacial score (nSPS) is 11.0. The van der Waals surface area contributed by atoms with Crippen LogP contribution < -0.4 is 5.32 Å². The Hall–Kier alpha value is -2.34. The molecule has 114 valence electrons. The first-order valence-corrected chi connectivity index (χ1v) is 7.56. The van der Waals surface area contributed by atoms with Crippen LogP contribution in [-0.4, -0.2) is 24.7 Å². The predicted molar refractivity (Wildman–Crippen MR) is 85.2 cm³/mol. The van der Waals surface area contributed by atoms with Crippen LogP contribution in [0.1, 0.15) is 23.7 Å². The highest BCUT2D eigenvalue weighted by Crippen LogP contribution is 2.15. The van der Waals surface area contributed by atoms with Gasteiger partial charge in [-0.25, -0.2) is 4.98 Å². The molecule has 0 atom stereocenters. The van der Waals surface area contributed by atoms with E-state index in [1.54, 1.807) is 0 Å². The first-order valence-electron chi connectivity index (χ1n) is 7.03. The number of fused-ring (bicyclic) bond motifs is 1. The second-order valence-corrected chi connectivity index (χ2v) is 5.18. The van der Waals surface area contributed by atoms with E-state index in [0.29, 0.717) is 24.0 Å². The topological polar surface area (TPSA) is 75.3 Å². The molecule has 6 nitrogen and oxygen atoms in total. The fraction of sp³-hybridized carbons (Fsp3) is 0.267. The third-order valence-corrected chi connectivity index (χ3v) is 3.64. The summed E-state index contributed by atoms with van der Waals surface area (Å²) >= 11 is 5.73. The fourth-order valence-corrected chi connectivity index (χ4v) is 2.26. The van der Waals surface area contributed by atoms with E-state index in [9.17, 15) is 5.11 Å². The fourth-order valence-electron chi connectivity index (χ4n) is 2.12. The van der Waals surface area contributed by atoms with Gasteiger partial charge < -0.3 is 10.4 Å². The Labute approximate surface area is 132 Å². The molecule has 0 saturated carbocycles. The zero-order valence-electron chi connectivity index (χ0n) is 12.1. The summed E-state index contributed by atoms with van der Waals surface area (Å²) in [6, 6.07) is 9.83. The number of aromatic nitrogens is 4. The molecular weight excluding hydrogens is 302 g/mol. The van der Waals surface area contributed by atoms with Gasteiger partial charge in [-0.1, -0.05) is 31.2 Å². The molecule has 0 aliphatic carbocycles. The molecule has 0 aliphatic rings. The highest BCUT2D eigenvalue weighted by atomic mass is 35.5. The van der Waals surface area contributed by atoms with Crippen LogP contribution in [0.4, 0.5) is 5.95 Å². The average Bonchev–Trinajstić information content (AvgIpc) is 2.97. The van der Waals surface area contributed by atoms with E-state index in [4.69, 9.17) is 11.6 Å². The monoisotopic (exact) mass is 317 g/mol. The smallest absolute Gasteiger partial charge is 0.257 e. The van der Waals surface area contributed by atoms with Gasteiger partial charge in [0.1, 0.15) is 0 Å². The van der Waals surface area contributed by atoms with Crippen molar-refractivity contribution in [2.24, 2.45) is 0 Å². The van der Waals surface area contributed by atoms with Crippen molar-refractivity contribution in [2.75, 3.05) is 5.32 Å².